The number of hydrogen-bond acceptors (Lipinski definition) is 7. The fourth-order valence-electron chi connectivity index (χ4n) is 5.14. The number of ether oxygens (including phenoxy) is 4. The Balaban J connectivity index is 1.53. The van der Waals surface area contributed by atoms with Crippen molar-refractivity contribution in [2.45, 2.75) is 30.8 Å². The molecule has 0 bridgehead atoms. The van der Waals surface area contributed by atoms with Gasteiger partial charge in [0.2, 0.25) is 0 Å². The Morgan fingerprint density at radius 3 is 1.87 bits per heavy atom. The summed E-state index contributed by atoms with van der Waals surface area (Å²) in [4.78, 5) is 25.8. The highest BCUT2D eigenvalue weighted by atomic mass is 32.2. The maximum atomic E-state index is 13.4. The Morgan fingerprint density at radius 1 is 0.872 bits per heavy atom. The first kappa shape index (κ1) is 28.4. The zero-order valence-corrected chi connectivity index (χ0v) is 23.6. The second kappa shape index (κ2) is 12.5. The van der Waals surface area contributed by atoms with E-state index in [1.165, 1.54) is 11.8 Å². The number of carbonyl (C=O) groups is 2. The monoisotopic (exact) mass is 550 g/mol. The molecule has 2 unspecified atom stereocenters. The van der Waals surface area contributed by atoms with Crippen LogP contribution in [0.4, 0.5) is 0 Å². The molecule has 1 aliphatic carbocycles. The summed E-state index contributed by atoms with van der Waals surface area (Å²) in [5.41, 5.74) is 5.13. The zero-order chi connectivity index (χ0) is 28.1. The maximum absolute atomic E-state index is 13.4. The van der Waals surface area contributed by atoms with Gasteiger partial charge in [0.05, 0.1) is 21.3 Å². The topological polar surface area (TPSA) is 91.3 Å². The molecule has 0 aromatic heterocycles. The van der Waals surface area contributed by atoms with Gasteiger partial charge in [0.25, 0.3) is 0 Å². The van der Waals surface area contributed by atoms with Crippen LogP contribution in [0.2, 0.25) is 0 Å². The molecule has 0 saturated heterocycles. The first-order valence-corrected chi connectivity index (χ1v) is 13.8. The maximum Gasteiger partial charge on any atom is 0.321 e. The van der Waals surface area contributed by atoms with E-state index in [0.717, 1.165) is 27.8 Å². The highest BCUT2D eigenvalue weighted by Gasteiger charge is 2.40. The van der Waals surface area contributed by atoms with Crippen molar-refractivity contribution in [1.82, 2.24) is 0 Å². The van der Waals surface area contributed by atoms with Crippen LogP contribution in [0.5, 0.6) is 17.2 Å². The zero-order valence-electron chi connectivity index (χ0n) is 22.8. The van der Waals surface area contributed by atoms with E-state index in [2.05, 4.69) is 12.1 Å². The quantitative estimate of drug-likeness (QED) is 0.216. The summed E-state index contributed by atoms with van der Waals surface area (Å²) in [6.45, 7) is 3.89. The lowest BCUT2D eigenvalue weighted by molar-refractivity contribution is -0.159. The summed E-state index contributed by atoms with van der Waals surface area (Å²) in [6, 6.07) is 19.6. The van der Waals surface area contributed by atoms with E-state index < -0.39 is 23.1 Å². The Hall–Kier alpha value is -3.65. The van der Waals surface area contributed by atoms with Crippen LogP contribution in [0.25, 0.3) is 11.1 Å². The summed E-state index contributed by atoms with van der Waals surface area (Å²) in [7, 11) is 4.67. The number of hydrogen-bond donors (Lipinski definition) is 1. The number of benzene rings is 3. The van der Waals surface area contributed by atoms with Crippen LogP contribution in [0.3, 0.4) is 0 Å². The van der Waals surface area contributed by atoms with Gasteiger partial charge in [0.15, 0.2) is 5.92 Å². The van der Waals surface area contributed by atoms with E-state index in [0.29, 0.717) is 23.0 Å². The molecule has 4 rings (SSSR count). The Bertz CT molecular complexity index is 1270. The van der Waals surface area contributed by atoms with Gasteiger partial charge in [-0.25, -0.2) is 0 Å². The Morgan fingerprint density at radius 2 is 1.41 bits per heavy atom. The summed E-state index contributed by atoms with van der Waals surface area (Å²) < 4.78 is 22.2. The van der Waals surface area contributed by atoms with Crippen molar-refractivity contribution in [1.29, 1.82) is 0 Å². The van der Waals surface area contributed by atoms with Crippen molar-refractivity contribution in [2.75, 3.05) is 27.9 Å². The third-order valence-corrected chi connectivity index (χ3v) is 8.75. The molecule has 0 amide bonds. The molecule has 39 heavy (non-hydrogen) atoms. The van der Waals surface area contributed by atoms with Crippen molar-refractivity contribution in [3.63, 3.8) is 0 Å². The molecule has 8 heteroatoms. The lowest BCUT2D eigenvalue weighted by Crippen LogP contribution is -2.38. The minimum absolute atomic E-state index is 0.0756. The van der Waals surface area contributed by atoms with Gasteiger partial charge in [-0.05, 0) is 28.2 Å². The fourth-order valence-corrected chi connectivity index (χ4v) is 6.59. The molecule has 1 aliphatic rings. The molecule has 1 N–H and O–H groups in total. The number of carboxylic acids is 1. The molecule has 0 aliphatic heterocycles. The standard InChI is InChI=1S/C31H34O7S/c1-18(2)29(39-17-25-26(36-4)14-19(35-3)15-27(25)37-5)28(30(32)33)31(34)38-16-24-22-12-8-6-10-20(22)21-11-7-9-13-23(21)24/h6-15,18,24,28-29H,16-17H2,1-5H3,(H,32,33). The average Bonchev–Trinajstić information content (AvgIpc) is 3.26. The summed E-state index contributed by atoms with van der Waals surface area (Å²) in [5.74, 6) is -1.45. The van der Waals surface area contributed by atoms with E-state index >= 15 is 0 Å². The normalized spacial score (nSPS) is 13.8. The van der Waals surface area contributed by atoms with E-state index in [1.54, 1.807) is 33.5 Å². The number of carboxylic acid groups (broad SMARTS) is 1. The van der Waals surface area contributed by atoms with E-state index in [-0.39, 0.29) is 18.4 Å². The number of rotatable bonds is 12. The molecule has 7 nitrogen and oxygen atoms in total. The summed E-state index contributed by atoms with van der Waals surface area (Å²) in [6.07, 6.45) is 0. The number of fused-ring (bicyclic) bond motifs is 3. The van der Waals surface area contributed by atoms with Crippen molar-refractivity contribution in [2.24, 2.45) is 11.8 Å². The van der Waals surface area contributed by atoms with E-state index in [1.807, 2.05) is 50.2 Å². The number of esters is 1. The van der Waals surface area contributed by atoms with Crippen LogP contribution >= 0.6 is 11.8 Å². The average molecular weight is 551 g/mol. The van der Waals surface area contributed by atoms with Crippen LogP contribution in [0.15, 0.2) is 60.7 Å². The van der Waals surface area contributed by atoms with Gasteiger partial charge < -0.3 is 24.1 Å². The van der Waals surface area contributed by atoms with Crippen molar-refractivity contribution in [3.05, 3.63) is 77.4 Å². The predicted molar refractivity (Wildman–Crippen MR) is 152 cm³/mol. The summed E-state index contributed by atoms with van der Waals surface area (Å²) >= 11 is 1.37. The van der Waals surface area contributed by atoms with Gasteiger partial charge in [-0.1, -0.05) is 62.4 Å². The predicted octanol–water partition coefficient (Wildman–Crippen LogP) is 6.03. The third-order valence-electron chi connectivity index (χ3n) is 7.10. The number of carbonyl (C=O) groups excluding carboxylic acids is 1. The molecule has 206 valence electrons. The van der Waals surface area contributed by atoms with E-state index in [9.17, 15) is 14.7 Å². The second-order valence-corrected chi connectivity index (χ2v) is 10.9. The molecule has 2 atom stereocenters. The lowest BCUT2D eigenvalue weighted by Gasteiger charge is -2.27. The highest BCUT2D eigenvalue weighted by Crippen LogP contribution is 2.45. The first-order valence-electron chi connectivity index (χ1n) is 12.8. The van der Waals surface area contributed by atoms with Crippen molar-refractivity contribution >= 4 is 23.7 Å². The highest BCUT2D eigenvalue weighted by molar-refractivity contribution is 7.99. The Kier molecular flexibility index (Phi) is 9.07. The van der Waals surface area contributed by atoms with Crippen molar-refractivity contribution < 1.29 is 33.6 Å². The van der Waals surface area contributed by atoms with Gasteiger partial charge in [0.1, 0.15) is 23.9 Å². The smallest absolute Gasteiger partial charge is 0.321 e. The molecular weight excluding hydrogens is 516 g/mol. The number of methoxy groups -OCH3 is 3. The Labute approximate surface area is 233 Å². The minimum atomic E-state index is -1.34. The first-order chi connectivity index (χ1) is 18.8. The minimum Gasteiger partial charge on any atom is -0.496 e. The van der Waals surface area contributed by atoms with Crippen LogP contribution < -0.4 is 14.2 Å². The third kappa shape index (κ3) is 5.86. The molecule has 0 spiro atoms. The molecule has 0 fully saturated rings. The van der Waals surface area contributed by atoms with Gasteiger partial charge in [-0.3, -0.25) is 9.59 Å². The fraction of sp³-hybridized carbons (Fsp3) is 0.355. The summed E-state index contributed by atoms with van der Waals surface area (Å²) in [5, 5.41) is 9.61. The molecular formula is C31H34O7S. The van der Waals surface area contributed by atoms with Crippen LogP contribution in [0.1, 0.15) is 36.5 Å². The van der Waals surface area contributed by atoms with Crippen molar-refractivity contribution in [3.8, 4) is 28.4 Å². The molecule has 0 radical (unpaired) electrons. The van der Waals surface area contributed by atoms with Gasteiger partial charge in [-0.15, -0.1) is 0 Å². The molecule has 3 aromatic carbocycles. The second-order valence-electron chi connectivity index (χ2n) is 9.70. The van der Waals surface area contributed by atoms with Gasteiger partial charge >= 0.3 is 11.9 Å². The van der Waals surface area contributed by atoms with E-state index in [4.69, 9.17) is 18.9 Å². The largest absolute Gasteiger partial charge is 0.496 e. The van der Waals surface area contributed by atoms with Gasteiger partial charge in [-0.2, -0.15) is 11.8 Å². The number of thioether (sulfide) groups is 1. The molecule has 0 heterocycles. The number of aliphatic carboxylic acids is 1. The molecule has 3 aromatic rings. The van der Waals surface area contributed by atoms with Crippen LogP contribution in [0, 0.1) is 11.8 Å². The van der Waals surface area contributed by atoms with Crippen LogP contribution in [-0.2, 0) is 20.1 Å². The molecule has 0 saturated carbocycles. The lowest BCUT2D eigenvalue weighted by atomic mass is 9.95. The SMILES string of the molecule is COc1cc(OC)c(CSC(C(C)C)C(C(=O)O)C(=O)OCC2c3ccccc3-c3ccccc32)c(OC)c1. The van der Waals surface area contributed by atoms with Crippen LogP contribution in [-0.4, -0.2) is 50.2 Å². The van der Waals surface area contributed by atoms with Gasteiger partial charge in [0, 0.05) is 34.6 Å².